The van der Waals surface area contributed by atoms with E-state index in [0.717, 1.165) is 47.6 Å². The zero-order valence-electron chi connectivity index (χ0n) is 18.7. The smallest absolute Gasteiger partial charge is 0.278 e. The molecule has 1 N–H and O–H groups in total. The van der Waals surface area contributed by atoms with Gasteiger partial charge >= 0.3 is 0 Å². The maximum atomic E-state index is 13.4. The first-order valence-electron chi connectivity index (χ1n) is 11.4. The van der Waals surface area contributed by atoms with Gasteiger partial charge in [-0.2, -0.15) is 10.2 Å². The van der Waals surface area contributed by atoms with Crippen LogP contribution < -0.4 is 5.56 Å². The van der Waals surface area contributed by atoms with E-state index in [1.54, 1.807) is 21.5 Å². The molecular weight excluding hydrogens is 402 g/mol. The average Bonchev–Trinajstić information content (AvgIpc) is 3.42. The third-order valence-corrected chi connectivity index (χ3v) is 7.78. The summed E-state index contributed by atoms with van der Waals surface area (Å²) in [5, 5.41) is 21.1. The summed E-state index contributed by atoms with van der Waals surface area (Å²) in [6.07, 6.45) is 9.22. The number of aromatic hydroxyl groups is 1. The highest BCUT2D eigenvalue weighted by atomic mass is 16.3. The Labute approximate surface area is 185 Å². The summed E-state index contributed by atoms with van der Waals surface area (Å²) < 4.78 is 3.38. The number of phenols is 1. The molecule has 2 aliphatic carbocycles. The van der Waals surface area contributed by atoms with E-state index in [-0.39, 0.29) is 17.4 Å². The van der Waals surface area contributed by atoms with Crippen molar-refractivity contribution >= 4 is 16.4 Å². The SMILES string of the molecule is Cc1cn2nc(-c3cc(O)c4c(=O)n(C5CCC(C)C6(CC6)C5)ncc4c3)cc(C)c2n1. The van der Waals surface area contributed by atoms with Crippen LogP contribution in [0, 0.1) is 25.2 Å². The van der Waals surface area contributed by atoms with E-state index in [1.807, 2.05) is 32.2 Å². The molecule has 4 aromatic rings. The van der Waals surface area contributed by atoms with Crippen molar-refractivity contribution in [2.24, 2.45) is 11.3 Å². The van der Waals surface area contributed by atoms with Crippen molar-refractivity contribution in [2.45, 2.75) is 58.9 Å². The highest BCUT2D eigenvalue weighted by Gasteiger charge is 2.51. The predicted molar refractivity (Wildman–Crippen MR) is 123 cm³/mol. The fourth-order valence-electron chi connectivity index (χ4n) is 5.66. The van der Waals surface area contributed by atoms with Crippen LogP contribution in [0.15, 0.2) is 35.4 Å². The van der Waals surface area contributed by atoms with E-state index in [4.69, 9.17) is 0 Å². The van der Waals surface area contributed by atoms with E-state index < -0.39 is 0 Å². The maximum absolute atomic E-state index is 13.4. The average molecular weight is 430 g/mol. The number of imidazole rings is 1. The molecule has 6 rings (SSSR count). The number of nitrogens with zero attached hydrogens (tertiary/aromatic N) is 5. The lowest BCUT2D eigenvalue weighted by atomic mass is 9.75. The molecule has 0 aliphatic heterocycles. The van der Waals surface area contributed by atoms with Gasteiger partial charge in [0, 0.05) is 10.9 Å². The molecule has 2 atom stereocenters. The largest absolute Gasteiger partial charge is 0.507 e. The number of hydrogen-bond acceptors (Lipinski definition) is 5. The van der Waals surface area contributed by atoms with Gasteiger partial charge in [0.15, 0.2) is 5.65 Å². The lowest BCUT2D eigenvalue weighted by Crippen LogP contribution is -2.33. The molecule has 1 spiro atoms. The van der Waals surface area contributed by atoms with E-state index in [0.29, 0.717) is 21.9 Å². The molecule has 3 aromatic heterocycles. The van der Waals surface area contributed by atoms with Gasteiger partial charge in [-0.15, -0.1) is 0 Å². The number of phenolic OH excluding ortho intramolecular Hbond substituents is 1. The van der Waals surface area contributed by atoms with Crippen LogP contribution in [0.4, 0.5) is 0 Å². The quantitative estimate of drug-likeness (QED) is 0.504. The van der Waals surface area contributed by atoms with Gasteiger partial charge in [0.2, 0.25) is 0 Å². The van der Waals surface area contributed by atoms with Crippen molar-refractivity contribution in [2.75, 3.05) is 0 Å². The first-order chi connectivity index (χ1) is 15.3. The van der Waals surface area contributed by atoms with Crippen molar-refractivity contribution in [3.8, 4) is 17.0 Å². The monoisotopic (exact) mass is 429 g/mol. The summed E-state index contributed by atoms with van der Waals surface area (Å²) in [6.45, 7) is 6.27. The minimum absolute atomic E-state index is 0.0228. The third-order valence-electron chi connectivity index (χ3n) is 7.78. The van der Waals surface area contributed by atoms with Crippen molar-refractivity contribution < 1.29 is 5.11 Å². The van der Waals surface area contributed by atoms with E-state index in [1.165, 1.54) is 12.8 Å². The molecule has 0 amide bonds. The van der Waals surface area contributed by atoms with E-state index in [2.05, 4.69) is 22.1 Å². The second-order valence-electron chi connectivity index (χ2n) is 9.92. The Hall–Kier alpha value is -3.22. The Balaban J connectivity index is 1.43. The number of benzene rings is 1. The number of aromatic nitrogens is 5. The normalized spacial score (nSPS) is 22.1. The second kappa shape index (κ2) is 6.64. The van der Waals surface area contributed by atoms with Crippen molar-refractivity contribution in [1.82, 2.24) is 24.4 Å². The molecule has 32 heavy (non-hydrogen) atoms. The molecular formula is C25H27N5O2. The summed E-state index contributed by atoms with van der Waals surface area (Å²) in [5.74, 6) is 0.698. The molecule has 0 bridgehead atoms. The van der Waals surface area contributed by atoms with Gasteiger partial charge in [-0.3, -0.25) is 4.79 Å². The summed E-state index contributed by atoms with van der Waals surface area (Å²) in [7, 11) is 0. The van der Waals surface area contributed by atoms with Crippen LogP contribution >= 0.6 is 0 Å². The van der Waals surface area contributed by atoms with Gasteiger partial charge in [-0.25, -0.2) is 14.2 Å². The molecule has 2 unspecified atom stereocenters. The standard InChI is InChI=1S/C25H27N5O2/c1-14-8-20(28-29-13-16(3)27-23(14)29)17-9-18-12-26-30(24(32)22(18)21(31)10-17)19-5-4-15(2)25(11-19)6-7-25/h8-10,12-13,15,19,31H,4-7,11H2,1-3H3. The predicted octanol–water partition coefficient (Wildman–Crippen LogP) is 4.57. The Morgan fingerprint density at radius 3 is 2.75 bits per heavy atom. The molecule has 0 radical (unpaired) electrons. The minimum atomic E-state index is -0.202. The lowest BCUT2D eigenvalue weighted by Gasteiger charge is -2.35. The van der Waals surface area contributed by atoms with Gasteiger partial charge in [0.25, 0.3) is 5.56 Å². The van der Waals surface area contributed by atoms with Crippen molar-refractivity contribution in [3.05, 3.63) is 52.2 Å². The molecule has 3 heterocycles. The summed E-state index contributed by atoms with van der Waals surface area (Å²) in [6, 6.07) is 5.59. The first-order valence-corrected chi connectivity index (χ1v) is 11.4. The minimum Gasteiger partial charge on any atom is -0.507 e. The zero-order valence-corrected chi connectivity index (χ0v) is 18.7. The van der Waals surface area contributed by atoms with Crippen LogP contribution in [0.5, 0.6) is 5.75 Å². The van der Waals surface area contributed by atoms with Gasteiger partial charge in [0.05, 0.1) is 35.2 Å². The fourth-order valence-corrected chi connectivity index (χ4v) is 5.66. The lowest BCUT2D eigenvalue weighted by molar-refractivity contribution is 0.163. The summed E-state index contributed by atoms with van der Waals surface area (Å²) in [4.78, 5) is 17.9. The molecule has 2 saturated carbocycles. The Kier molecular flexibility index (Phi) is 4.04. The van der Waals surface area contributed by atoms with Crippen molar-refractivity contribution in [3.63, 3.8) is 0 Å². The molecule has 7 nitrogen and oxygen atoms in total. The van der Waals surface area contributed by atoms with Gasteiger partial charge in [-0.1, -0.05) is 6.92 Å². The Bertz CT molecular complexity index is 1450. The van der Waals surface area contributed by atoms with Gasteiger partial charge in [-0.05, 0) is 81.0 Å². The highest BCUT2D eigenvalue weighted by molar-refractivity contribution is 5.91. The van der Waals surface area contributed by atoms with Crippen LogP contribution in [0.3, 0.4) is 0 Å². The number of rotatable bonds is 2. The van der Waals surface area contributed by atoms with Gasteiger partial charge < -0.3 is 5.11 Å². The van der Waals surface area contributed by atoms with Gasteiger partial charge in [0.1, 0.15) is 5.75 Å². The molecule has 2 aliphatic rings. The molecule has 0 saturated heterocycles. The topological polar surface area (TPSA) is 85.3 Å². The number of hydrogen-bond donors (Lipinski definition) is 1. The Morgan fingerprint density at radius 1 is 1.16 bits per heavy atom. The third kappa shape index (κ3) is 2.87. The Morgan fingerprint density at radius 2 is 1.97 bits per heavy atom. The van der Waals surface area contributed by atoms with Crippen LogP contribution in [0.25, 0.3) is 27.7 Å². The van der Waals surface area contributed by atoms with Crippen molar-refractivity contribution in [1.29, 1.82) is 0 Å². The molecule has 164 valence electrons. The molecule has 1 aromatic carbocycles. The highest BCUT2D eigenvalue weighted by Crippen LogP contribution is 2.61. The first kappa shape index (κ1) is 19.5. The van der Waals surface area contributed by atoms with Crippen LogP contribution in [-0.4, -0.2) is 29.5 Å². The van der Waals surface area contributed by atoms with E-state index in [9.17, 15) is 9.90 Å². The summed E-state index contributed by atoms with van der Waals surface area (Å²) >= 11 is 0. The molecule has 2 fully saturated rings. The van der Waals surface area contributed by atoms with Crippen LogP contribution in [0.1, 0.15) is 56.3 Å². The number of fused-ring (bicyclic) bond motifs is 2. The fraction of sp³-hybridized carbons (Fsp3) is 0.440. The van der Waals surface area contributed by atoms with E-state index >= 15 is 0 Å². The number of aryl methyl sites for hydroxylation is 2. The van der Waals surface area contributed by atoms with Crippen LogP contribution in [-0.2, 0) is 0 Å². The molecule has 7 heteroatoms. The van der Waals surface area contributed by atoms with Crippen LogP contribution in [0.2, 0.25) is 0 Å². The maximum Gasteiger partial charge on any atom is 0.278 e. The summed E-state index contributed by atoms with van der Waals surface area (Å²) in [5.41, 5.74) is 4.37. The zero-order chi connectivity index (χ0) is 22.2. The second-order valence-corrected chi connectivity index (χ2v) is 9.92.